The molecule has 6 rings (SSSR count). The maximum atomic E-state index is 14.9. The lowest BCUT2D eigenvalue weighted by Crippen LogP contribution is -2.65. The van der Waals surface area contributed by atoms with Gasteiger partial charge >= 0.3 is 17.9 Å². The van der Waals surface area contributed by atoms with Crippen LogP contribution in [0.1, 0.15) is 47.1 Å². The van der Waals surface area contributed by atoms with E-state index >= 15 is 0 Å². The van der Waals surface area contributed by atoms with Crippen molar-refractivity contribution in [3.63, 3.8) is 0 Å². The molecule has 0 unspecified atom stereocenters. The number of carbonyl (C=O) groups excluding carboxylic acids is 3. The fourth-order valence-electron chi connectivity index (χ4n) is 7.85. The average molecular weight is 965 g/mol. The first-order valence-electron chi connectivity index (χ1n) is 21.4. The normalized spacial score (nSPS) is 31.6. The Kier molecular flexibility index (Phi) is 16.7. The molecule has 15 atom stereocenters. The SMILES string of the molecule is COc1ccc(-c2oc3c(CC=C(C)C)c(O[C@@H]4O[C@H](CO)[C@@H](O)[C@@H](O)[C@H]4O)cc(O)c3c(=O)c2O[C@@H]2O[C@H](C)[C@@H](OC(C)=O)[C@@H](O[C@@H]3O[C@H](COC(C)=O)[C@@H](OC(C)=O)[C@@H](O)[C@H]3O)[C@H]2O)cc1. The van der Waals surface area contributed by atoms with Gasteiger partial charge in [0.2, 0.25) is 23.8 Å². The molecule has 68 heavy (non-hydrogen) atoms. The minimum absolute atomic E-state index is 0.0251. The summed E-state index contributed by atoms with van der Waals surface area (Å²) in [5, 5.41) is 86.9. The summed E-state index contributed by atoms with van der Waals surface area (Å²) in [5.41, 5.74) is -0.170. The highest BCUT2D eigenvalue weighted by Gasteiger charge is 2.54. The van der Waals surface area contributed by atoms with E-state index < -0.39 is 146 Å². The molecular weight excluding hydrogens is 908 g/mol. The van der Waals surface area contributed by atoms with Crippen molar-refractivity contribution >= 4 is 28.9 Å². The van der Waals surface area contributed by atoms with Gasteiger partial charge in [-0.05, 0) is 51.5 Å². The van der Waals surface area contributed by atoms with Gasteiger partial charge in [-0.2, -0.15) is 0 Å². The molecule has 0 aliphatic carbocycles. The zero-order valence-corrected chi connectivity index (χ0v) is 37.9. The highest BCUT2D eigenvalue weighted by Crippen LogP contribution is 2.42. The highest BCUT2D eigenvalue weighted by atomic mass is 16.8. The lowest BCUT2D eigenvalue weighted by molar-refractivity contribution is -0.351. The van der Waals surface area contributed by atoms with Crippen molar-refractivity contribution < 1.29 is 107 Å². The van der Waals surface area contributed by atoms with Gasteiger partial charge in [0.05, 0.1) is 19.8 Å². The van der Waals surface area contributed by atoms with Gasteiger partial charge in [-0.25, -0.2) is 0 Å². The number of esters is 3. The summed E-state index contributed by atoms with van der Waals surface area (Å²) in [6, 6.07) is 7.11. The average Bonchev–Trinajstić information content (AvgIpc) is 3.28. The van der Waals surface area contributed by atoms with Crippen LogP contribution in [0.5, 0.6) is 23.0 Å². The number of aliphatic hydroxyl groups excluding tert-OH is 7. The van der Waals surface area contributed by atoms with Crippen LogP contribution >= 0.6 is 0 Å². The monoisotopic (exact) mass is 964 g/mol. The van der Waals surface area contributed by atoms with Gasteiger partial charge in [0.25, 0.3) is 0 Å². The van der Waals surface area contributed by atoms with Gasteiger partial charge in [-0.3, -0.25) is 19.2 Å². The van der Waals surface area contributed by atoms with E-state index in [1.54, 1.807) is 19.9 Å². The second-order valence-electron chi connectivity index (χ2n) is 16.6. The third-order valence-electron chi connectivity index (χ3n) is 11.3. The Morgan fingerprint density at radius 2 is 1.34 bits per heavy atom. The maximum Gasteiger partial charge on any atom is 0.303 e. The molecule has 3 saturated heterocycles. The summed E-state index contributed by atoms with van der Waals surface area (Å²) in [6.07, 6.45) is -23.9. The number of phenols is 1. The van der Waals surface area contributed by atoms with Gasteiger partial charge in [-0.1, -0.05) is 11.6 Å². The van der Waals surface area contributed by atoms with Gasteiger partial charge in [0.1, 0.15) is 89.8 Å². The first-order valence-corrected chi connectivity index (χ1v) is 21.4. The van der Waals surface area contributed by atoms with E-state index in [0.717, 1.165) is 32.4 Å². The molecule has 3 aliphatic heterocycles. The molecule has 3 fully saturated rings. The fraction of sp³-hybridized carbons (Fsp3) is 0.556. The fourth-order valence-corrected chi connectivity index (χ4v) is 7.85. The number of hydrogen-bond donors (Lipinski definition) is 8. The molecule has 0 radical (unpaired) electrons. The first kappa shape index (κ1) is 51.9. The number of aliphatic hydroxyl groups is 7. The van der Waals surface area contributed by atoms with E-state index in [4.69, 9.17) is 51.8 Å². The molecule has 0 spiro atoms. The predicted octanol–water partition coefficient (Wildman–Crippen LogP) is -0.395. The standard InChI is InChI=1S/C45H56O23/c1-17(2)8-13-24-26(63-43-34(55)32(53)30(51)27(15-46)64-43)14-25(50)29-31(52)41(38(66-39(24)29)22-9-11-23(58-7)12-10-22)67-45-36(57)42(37(18(3)60-45)61-20(5)48)68-44-35(56)33(54)40(62-21(6)49)28(65-44)16-59-19(4)47/h8-12,14,18,27-28,30,32-37,40,42-46,50-51,53-57H,13,15-16H2,1-7H3/t18-,27-,28-,30-,32-,33+,34-,35-,36-,37-,40-,42+,43-,44+,45+/m1/s1. The number of hydrogen-bond acceptors (Lipinski definition) is 23. The molecule has 23 nitrogen and oxygen atoms in total. The summed E-state index contributed by atoms with van der Waals surface area (Å²) in [7, 11) is 1.43. The van der Waals surface area contributed by atoms with Crippen LogP contribution in [0.15, 0.2) is 51.2 Å². The van der Waals surface area contributed by atoms with E-state index in [1.807, 2.05) is 0 Å². The van der Waals surface area contributed by atoms with Crippen LogP contribution in [0.3, 0.4) is 0 Å². The molecule has 1 aromatic heterocycles. The van der Waals surface area contributed by atoms with Crippen molar-refractivity contribution in [2.45, 2.75) is 140 Å². The molecule has 374 valence electrons. The van der Waals surface area contributed by atoms with Crippen molar-refractivity contribution in [2.24, 2.45) is 0 Å². The molecule has 23 heteroatoms. The summed E-state index contributed by atoms with van der Waals surface area (Å²) in [4.78, 5) is 50.9. The zero-order chi connectivity index (χ0) is 49.9. The molecule has 0 saturated carbocycles. The van der Waals surface area contributed by atoms with Crippen LogP contribution < -0.4 is 19.6 Å². The number of benzene rings is 2. The minimum atomic E-state index is -2.04. The van der Waals surface area contributed by atoms with Crippen molar-refractivity contribution in [3.05, 3.63) is 57.8 Å². The smallest absolute Gasteiger partial charge is 0.303 e. The van der Waals surface area contributed by atoms with Crippen LogP contribution in [-0.2, 0) is 54.0 Å². The molecule has 3 aliphatic rings. The number of phenolic OH excluding ortho intramolecular Hbond substituents is 1. The summed E-state index contributed by atoms with van der Waals surface area (Å²) >= 11 is 0. The van der Waals surface area contributed by atoms with Crippen molar-refractivity contribution in [1.29, 1.82) is 0 Å². The molecule has 0 amide bonds. The Bertz CT molecular complexity index is 2360. The molecular formula is C45H56O23. The highest BCUT2D eigenvalue weighted by molar-refractivity contribution is 5.91. The summed E-state index contributed by atoms with van der Waals surface area (Å²) in [5.74, 6) is -3.95. The number of rotatable bonds is 15. The number of ether oxygens (including phenoxy) is 10. The number of methoxy groups -OCH3 is 1. The van der Waals surface area contributed by atoms with E-state index in [1.165, 1.54) is 38.3 Å². The Morgan fingerprint density at radius 3 is 1.94 bits per heavy atom. The first-order chi connectivity index (χ1) is 32.1. The second-order valence-corrected chi connectivity index (χ2v) is 16.6. The van der Waals surface area contributed by atoms with E-state index in [9.17, 15) is 60.0 Å². The number of allylic oxidation sites excluding steroid dienone is 2. The third-order valence-corrected chi connectivity index (χ3v) is 11.3. The number of carbonyl (C=O) groups is 3. The Morgan fingerprint density at radius 1 is 0.721 bits per heavy atom. The lowest BCUT2D eigenvalue weighted by Gasteiger charge is -2.46. The van der Waals surface area contributed by atoms with Crippen LogP contribution in [0, 0.1) is 0 Å². The topological polar surface area (TPSA) is 336 Å². The Labute approximate surface area is 387 Å². The van der Waals surface area contributed by atoms with Crippen LogP contribution in [0.25, 0.3) is 22.3 Å². The van der Waals surface area contributed by atoms with Gasteiger partial charge in [0, 0.05) is 38.0 Å². The minimum Gasteiger partial charge on any atom is -0.507 e. The van der Waals surface area contributed by atoms with E-state index in [2.05, 4.69) is 0 Å². The van der Waals surface area contributed by atoms with Crippen LogP contribution in [0.2, 0.25) is 0 Å². The molecule has 3 aromatic rings. The molecule has 0 bridgehead atoms. The van der Waals surface area contributed by atoms with E-state index in [-0.39, 0.29) is 34.6 Å². The number of fused-ring (bicyclic) bond motifs is 1. The zero-order valence-electron chi connectivity index (χ0n) is 37.9. The van der Waals surface area contributed by atoms with Gasteiger partial charge in [0.15, 0.2) is 24.3 Å². The number of aromatic hydroxyl groups is 1. The third kappa shape index (κ3) is 11.2. The van der Waals surface area contributed by atoms with Crippen molar-refractivity contribution in [1.82, 2.24) is 0 Å². The second kappa shape index (κ2) is 21.9. The molecule has 4 heterocycles. The molecule has 8 N–H and O–H groups in total. The Balaban J connectivity index is 1.45. The van der Waals surface area contributed by atoms with Gasteiger partial charge < -0.3 is 92.6 Å². The van der Waals surface area contributed by atoms with E-state index in [0.29, 0.717) is 5.75 Å². The summed E-state index contributed by atoms with van der Waals surface area (Å²) in [6.45, 7) is 6.83. The van der Waals surface area contributed by atoms with Crippen molar-refractivity contribution in [2.75, 3.05) is 20.3 Å². The predicted molar refractivity (Wildman–Crippen MR) is 228 cm³/mol. The van der Waals surface area contributed by atoms with Crippen molar-refractivity contribution in [3.8, 4) is 34.3 Å². The molecule has 2 aromatic carbocycles. The summed E-state index contributed by atoms with van der Waals surface area (Å²) < 4.78 is 63.2. The largest absolute Gasteiger partial charge is 0.507 e. The van der Waals surface area contributed by atoms with Gasteiger partial charge in [-0.15, -0.1) is 0 Å². The quantitative estimate of drug-likeness (QED) is 0.0546. The van der Waals surface area contributed by atoms with Crippen LogP contribution in [0.4, 0.5) is 0 Å². The maximum absolute atomic E-state index is 14.9. The van der Waals surface area contributed by atoms with Crippen LogP contribution in [-0.4, -0.2) is 171 Å². The lowest BCUT2D eigenvalue weighted by atomic mass is 9.96. The Hall–Kier alpha value is -5.44.